The zero-order valence-electron chi connectivity index (χ0n) is 14.5. The average molecular weight is 311 g/mol. The van der Waals surface area contributed by atoms with Crippen LogP contribution in [0.15, 0.2) is 6.07 Å². The molecule has 2 N–H and O–H groups in total. The number of nitrogens with one attached hydrogen (secondary N) is 2. The van der Waals surface area contributed by atoms with Crippen LogP contribution in [0.2, 0.25) is 0 Å². The molecule has 1 rings (SSSR count). The highest BCUT2D eigenvalue weighted by molar-refractivity contribution is 7.99. The van der Waals surface area contributed by atoms with Gasteiger partial charge in [0.05, 0.1) is 0 Å². The number of rotatable bonds is 7. The van der Waals surface area contributed by atoms with E-state index in [2.05, 4.69) is 68.4 Å². The number of thioether (sulfide) groups is 1. The highest BCUT2D eigenvalue weighted by atomic mass is 32.2. The fourth-order valence-corrected chi connectivity index (χ4v) is 1.81. The van der Waals surface area contributed by atoms with Gasteiger partial charge in [0, 0.05) is 29.3 Å². The summed E-state index contributed by atoms with van der Waals surface area (Å²) >= 11 is 1.85. The van der Waals surface area contributed by atoms with Crippen LogP contribution in [-0.4, -0.2) is 34.1 Å². The summed E-state index contributed by atoms with van der Waals surface area (Å²) in [6, 6.07) is 2.00. The smallest absolute Gasteiger partial charge is 0.138 e. The molecule has 1 heterocycles. The third-order valence-electron chi connectivity index (χ3n) is 3.20. The molecule has 1 aromatic heterocycles. The van der Waals surface area contributed by atoms with Crippen LogP contribution in [0.5, 0.6) is 0 Å². The first kappa shape index (κ1) is 18.1. The summed E-state index contributed by atoms with van der Waals surface area (Å²) in [5.74, 6) is 2.67. The Morgan fingerprint density at radius 2 is 1.62 bits per heavy atom. The van der Waals surface area contributed by atoms with E-state index in [4.69, 9.17) is 0 Å². The normalized spacial score (nSPS) is 12.3. The molecule has 0 saturated carbocycles. The van der Waals surface area contributed by atoms with Crippen molar-refractivity contribution in [1.82, 2.24) is 9.97 Å². The molecular formula is C16H30N4S. The highest BCUT2D eigenvalue weighted by Gasteiger charge is 2.20. The predicted molar refractivity (Wildman–Crippen MR) is 95.6 cm³/mol. The van der Waals surface area contributed by atoms with Crippen LogP contribution in [0.25, 0.3) is 0 Å². The van der Waals surface area contributed by atoms with Crippen molar-refractivity contribution in [3.05, 3.63) is 11.9 Å². The maximum atomic E-state index is 4.68. The van der Waals surface area contributed by atoms with E-state index in [0.29, 0.717) is 0 Å². The molecule has 0 saturated heterocycles. The minimum atomic E-state index is -0.0602. The molecule has 21 heavy (non-hydrogen) atoms. The summed E-state index contributed by atoms with van der Waals surface area (Å²) in [6.45, 7) is 14.8. The second kappa shape index (κ2) is 7.34. The lowest BCUT2D eigenvalue weighted by Crippen LogP contribution is -2.27. The lowest BCUT2D eigenvalue weighted by molar-refractivity contribution is 0.546. The van der Waals surface area contributed by atoms with Crippen molar-refractivity contribution in [2.45, 2.75) is 58.1 Å². The first-order chi connectivity index (χ1) is 9.68. The Kier molecular flexibility index (Phi) is 6.32. The van der Waals surface area contributed by atoms with Gasteiger partial charge in [-0.1, -0.05) is 27.7 Å². The van der Waals surface area contributed by atoms with E-state index in [1.807, 2.05) is 17.8 Å². The van der Waals surface area contributed by atoms with E-state index in [1.165, 1.54) is 0 Å². The Morgan fingerprint density at radius 1 is 1.05 bits per heavy atom. The van der Waals surface area contributed by atoms with Crippen molar-refractivity contribution in [3.8, 4) is 0 Å². The first-order valence-electron chi connectivity index (χ1n) is 7.60. The minimum Gasteiger partial charge on any atom is -0.370 e. The largest absolute Gasteiger partial charge is 0.370 e. The van der Waals surface area contributed by atoms with Gasteiger partial charge in [0.2, 0.25) is 0 Å². The number of nitrogens with zero attached hydrogens (tertiary/aromatic N) is 2. The summed E-state index contributed by atoms with van der Waals surface area (Å²) in [6.07, 6.45) is 3.22. The van der Waals surface area contributed by atoms with Crippen LogP contribution in [0.3, 0.4) is 0 Å². The van der Waals surface area contributed by atoms with Gasteiger partial charge in [0.1, 0.15) is 17.5 Å². The predicted octanol–water partition coefficient (Wildman–Crippen LogP) is 4.15. The Morgan fingerprint density at radius 3 is 2.10 bits per heavy atom. The van der Waals surface area contributed by atoms with Crippen LogP contribution in [0.4, 0.5) is 11.6 Å². The summed E-state index contributed by atoms with van der Waals surface area (Å²) in [5, 5.41) is 6.82. The van der Waals surface area contributed by atoms with E-state index in [9.17, 15) is 0 Å². The quantitative estimate of drug-likeness (QED) is 0.792. The van der Waals surface area contributed by atoms with Crippen LogP contribution in [0.1, 0.15) is 53.8 Å². The lowest BCUT2D eigenvalue weighted by atomic mass is 9.96. The van der Waals surface area contributed by atoms with Crippen molar-refractivity contribution in [1.29, 1.82) is 0 Å². The van der Waals surface area contributed by atoms with Crippen molar-refractivity contribution in [2.75, 3.05) is 30.0 Å². The third kappa shape index (κ3) is 6.12. The topological polar surface area (TPSA) is 49.8 Å². The molecule has 0 bridgehead atoms. The van der Waals surface area contributed by atoms with Gasteiger partial charge in [-0.25, -0.2) is 9.97 Å². The van der Waals surface area contributed by atoms with Gasteiger partial charge < -0.3 is 10.6 Å². The molecular weight excluding hydrogens is 280 g/mol. The van der Waals surface area contributed by atoms with Gasteiger partial charge in [0.25, 0.3) is 0 Å². The Bertz CT molecular complexity index is 452. The standard InChI is InChI=1S/C16H30N4S/c1-8-9-17-12-10-13(18-11-16(5,6)21-7)20-14(19-12)15(2,3)4/h10H,8-9,11H2,1-7H3,(H2,17,18,19,20). The maximum absolute atomic E-state index is 4.68. The van der Waals surface area contributed by atoms with Gasteiger partial charge in [0.15, 0.2) is 0 Å². The first-order valence-corrected chi connectivity index (χ1v) is 8.83. The SMILES string of the molecule is CCCNc1cc(NCC(C)(C)SC)nc(C(C)(C)C)n1. The molecule has 0 spiro atoms. The maximum Gasteiger partial charge on any atom is 0.138 e. The van der Waals surface area contributed by atoms with E-state index >= 15 is 0 Å². The van der Waals surface area contributed by atoms with Gasteiger partial charge in [-0.2, -0.15) is 11.8 Å². The molecule has 0 radical (unpaired) electrons. The van der Waals surface area contributed by atoms with Crippen molar-refractivity contribution in [3.63, 3.8) is 0 Å². The molecule has 4 nitrogen and oxygen atoms in total. The van der Waals surface area contributed by atoms with Crippen molar-refractivity contribution >= 4 is 23.4 Å². The summed E-state index contributed by atoms with van der Waals surface area (Å²) in [4.78, 5) is 9.32. The van der Waals surface area contributed by atoms with Gasteiger partial charge in [-0.3, -0.25) is 0 Å². The molecule has 0 aliphatic rings. The monoisotopic (exact) mass is 310 g/mol. The number of hydrogen-bond acceptors (Lipinski definition) is 5. The Labute approximate surface area is 133 Å². The van der Waals surface area contributed by atoms with Crippen LogP contribution >= 0.6 is 11.8 Å². The van der Waals surface area contributed by atoms with E-state index in [0.717, 1.165) is 37.0 Å². The number of aromatic nitrogens is 2. The second-order valence-electron chi connectivity index (χ2n) is 6.96. The van der Waals surface area contributed by atoms with Crippen LogP contribution in [-0.2, 0) is 5.41 Å². The van der Waals surface area contributed by atoms with Gasteiger partial charge in [-0.05, 0) is 26.5 Å². The molecule has 0 atom stereocenters. The van der Waals surface area contributed by atoms with Crippen LogP contribution in [0, 0.1) is 0 Å². The molecule has 0 aromatic carbocycles. The zero-order valence-corrected chi connectivity index (χ0v) is 15.3. The summed E-state index contributed by atoms with van der Waals surface area (Å²) < 4.78 is 0.184. The Hall–Kier alpha value is -0.970. The molecule has 1 aromatic rings. The number of hydrogen-bond donors (Lipinski definition) is 2. The molecule has 0 aliphatic heterocycles. The molecule has 0 fully saturated rings. The fourth-order valence-electron chi connectivity index (χ4n) is 1.59. The third-order valence-corrected chi connectivity index (χ3v) is 4.45. The van der Waals surface area contributed by atoms with Gasteiger partial charge in [-0.15, -0.1) is 0 Å². The highest BCUT2D eigenvalue weighted by Crippen LogP contribution is 2.24. The molecule has 5 heteroatoms. The fraction of sp³-hybridized carbons (Fsp3) is 0.750. The lowest BCUT2D eigenvalue weighted by Gasteiger charge is -2.24. The van der Waals surface area contributed by atoms with E-state index in [-0.39, 0.29) is 10.2 Å². The molecule has 0 aliphatic carbocycles. The minimum absolute atomic E-state index is 0.0602. The second-order valence-corrected chi connectivity index (χ2v) is 8.47. The molecule has 120 valence electrons. The Balaban J connectivity index is 2.96. The summed E-state index contributed by atoms with van der Waals surface area (Å²) in [7, 11) is 0. The zero-order chi connectivity index (χ0) is 16.1. The average Bonchev–Trinajstić information content (AvgIpc) is 2.42. The van der Waals surface area contributed by atoms with E-state index < -0.39 is 0 Å². The van der Waals surface area contributed by atoms with Crippen molar-refractivity contribution < 1.29 is 0 Å². The van der Waals surface area contributed by atoms with Crippen LogP contribution < -0.4 is 10.6 Å². The van der Waals surface area contributed by atoms with Crippen molar-refractivity contribution in [2.24, 2.45) is 0 Å². The molecule has 0 unspecified atom stereocenters. The van der Waals surface area contributed by atoms with Gasteiger partial charge >= 0.3 is 0 Å². The molecule has 0 amide bonds. The number of anilines is 2. The summed E-state index contributed by atoms with van der Waals surface area (Å²) in [5.41, 5.74) is -0.0602. The van der Waals surface area contributed by atoms with E-state index in [1.54, 1.807) is 0 Å².